The molecule has 0 saturated carbocycles. The maximum Gasteiger partial charge on any atom is 0.313 e. The Kier molecular flexibility index (Phi) is 4.20. The van der Waals surface area contributed by atoms with Gasteiger partial charge < -0.3 is 15.2 Å². The van der Waals surface area contributed by atoms with Gasteiger partial charge in [-0.05, 0) is 31.0 Å². The van der Waals surface area contributed by atoms with Crippen LogP contribution < -0.4 is 5.73 Å². The van der Waals surface area contributed by atoms with E-state index in [1.807, 2.05) is 25.1 Å². The molecule has 1 aliphatic heterocycles. The zero-order valence-corrected chi connectivity index (χ0v) is 10.6. The summed E-state index contributed by atoms with van der Waals surface area (Å²) in [4.78, 5) is 11.9. The molecule has 1 saturated heterocycles. The molecule has 2 atom stereocenters. The van der Waals surface area contributed by atoms with E-state index < -0.39 is 0 Å². The minimum Gasteiger partial charge on any atom is -0.465 e. The number of benzene rings is 1. The predicted molar refractivity (Wildman–Crippen MR) is 69.2 cm³/mol. The fourth-order valence-electron chi connectivity index (χ4n) is 2.00. The lowest BCUT2D eigenvalue weighted by atomic mass is 10.0. The molecule has 18 heavy (non-hydrogen) atoms. The van der Waals surface area contributed by atoms with E-state index in [1.54, 1.807) is 6.07 Å². The van der Waals surface area contributed by atoms with E-state index in [0.717, 1.165) is 18.6 Å². The molecule has 0 aromatic heterocycles. The fourth-order valence-corrected chi connectivity index (χ4v) is 2.00. The number of hydrogen-bond acceptors (Lipinski definition) is 4. The fraction of sp³-hybridized carbons (Fsp3) is 0.500. The summed E-state index contributed by atoms with van der Waals surface area (Å²) in [6.07, 6.45) is 0.972. The van der Waals surface area contributed by atoms with E-state index >= 15 is 0 Å². The zero-order valence-electron chi connectivity index (χ0n) is 10.6. The van der Waals surface area contributed by atoms with Crippen molar-refractivity contribution in [1.29, 1.82) is 0 Å². The van der Waals surface area contributed by atoms with Crippen LogP contribution in [0, 0.1) is 5.92 Å². The normalized spacial score (nSPS) is 20.6. The van der Waals surface area contributed by atoms with Crippen LogP contribution in [0.5, 0.6) is 0 Å². The van der Waals surface area contributed by atoms with Gasteiger partial charge in [0.1, 0.15) is 0 Å². The first kappa shape index (κ1) is 12.9. The summed E-state index contributed by atoms with van der Waals surface area (Å²) in [6.45, 7) is 3.75. The summed E-state index contributed by atoms with van der Waals surface area (Å²) in [5.74, 6) is -0.134. The van der Waals surface area contributed by atoms with Crippen LogP contribution in [0.15, 0.2) is 24.3 Å². The van der Waals surface area contributed by atoms with Gasteiger partial charge in [0.25, 0.3) is 0 Å². The van der Waals surface area contributed by atoms with Crippen LogP contribution in [-0.2, 0) is 14.3 Å². The Labute approximate surface area is 107 Å². The van der Waals surface area contributed by atoms with Gasteiger partial charge in [0.2, 0.25) is 0 Å². The number of hydrogen-bond donors (Lipinski definition) is 1. The van der Waals surface area contributed by atoms with E-state index in [2.05, 4.69) is 0 Å². The highest BCUT2D eigenvalue weighted by Crippen LogP contribution is 2.20. The third-order valence-electron chi connectivity index (χ3n) is 3.25. The number of rotatable bonds is 4. The maximum absolute atomic E-state index is 11.9. The maximum atomic E-state index is 11.9. The number of carbonyl (C=O) groups excluding carboxylic acids is 1. The molecule has 2 N–H and O–H groups in total. The van der Waals surface area contributed by atoms with Gasteiger partial charge in [-0.15, -0.1) is 0 Å². The first-order valence-corrected chi connectivity index (χ1v) is 6.26. The quantitative estimate of drug-likeness (QED) is 0.654. The molecule has 1 heterocycles. The van der Waals surface area contributed by atoms with Crippen molar-refractivity contribution in [2.45, 2.75) is 19.3 Å². The molecular weight excluding hydrogens is 230 g/mol. The number of ether oxygens (including phenoxy) is 2. The Bertz CT molecular complexity index is 413. The van der Waals surface area contributed by atoms with Gasteiger partial charge in [0.15, 0.2) is 0 Å². The molecular formula is C14H19NO3. The van der Waals surface area contributed by atoms with Crippen LogP contribution in [-0.4, -0.2) is 25.8 Å². The van der Waals surface area contributed by atoms with Crippen molar-refractivity contribution in [2.24, 2.45) is 5.92 Å². The Balaban J connectivity index is 1.87. The largest absolute Gasteiger partial charge is 0.465 e. The molecule has 2 rings (SSSR count). The first-order chi connectivity index (χ1) is 8.66. The van der Waals surface area contributed by atoms with E-state index in [9.17, 15) is 4.79 Å². The Morgan fingerprint density at radius 2 is 2.44 bits per heavy atom. The highest BCUT2D eigenvalue weighted by molar-refractivity contribution is 5.78. The van der Waals surface area contributed by atoms with Crippen LogP contribution in [0.25, 0.3) is 0 Å². The second-order valence-electron chi connectivity index (χ2n) is 4.75. The molecule has 4 heteroatoms. The molecule has 1 aromatic carbocycles. The standard InChI is InChI=1S/C14H19NO3/c1-10(12-3-2-4-13(15)7-12)14(16)18-9-11-5-6-17-8-11/h2-4,7,10-11H,5-6,8-9,15H2,1H3. The lowest BCUT2D eigenvalue weighted by Crippen LogP contribution is -2.18. The van der Waals surface area contributed by atoms with Gasteiger partial charge in [0, 0.05) is 18.2 Å². The van der Waals surface area contributed by atoms with Crippen molar-refractivity contribution in [3.05, 3.63) is 29.8 Å². The highest BCUT2D eigenvalue weighted by Gasteiger charge is 2.21. The van der Waals surface area contributed by atoms with Crippen molar-refractivity contribution >= 4 is 11.7 Å². The third-order valence-corrected chi connectivity index (χ3v) is 3.25. The van der Waals surface area contributed by atoms with Gasteiger partial charge in [0.05, 0.1) is 19.1 Å². The van der Waals surface area contributed by atoms with E-state index in [0.29, 0.717) is 24.8 Å². The molecule has 0 bridgehead atoms. The van der Waals surface area contributed by atoms with Crippen LogP contribution in [0.4, 0.5) is 5.69 Å². The minimum absolute atomic E-state index is 0.201. The minimum atomic E-state index is -0.282. The van der Waals surface area contributed by atoms with Crippen LogP contribution in [0.3, 0.4) is 0 Å². The molecule has 0 radical (unpaired) electrons. The molecule has 2 unspecified atom stereocenters. The Hall–Kier alpha value is -1.55. The van der Waals surface area contributed by atoms with Gasteiger partial charge >= 0.3 is 5.97 Å². The van der Waals surface area contributed by atoms with Crippen molar-refractivity contribution < 1.29 is 14.3 Å². The zero-order chi connectivity index (χ0) is 13.0. The molecule has 1 aromatic rings. The molecule has 0 amide bonds. The number of nitrogen functional groups attached to an aromatic ring is 1. The number of carbonyl (C=O) groups is 1. The second-order valence-corrected chi connectivity index (χ2v) is 4.75. The highest BCUT2D eigenvalue weighted by atomic mass is 16.5. The van der Waals surface area contributed by atoms with E-state index in [-0.39, 0.29) is 11.9 Å². The van der Waals surface area contributed by atoms with E-state index in [4.69, 9.17) is 15.2 Å². The molecule has 1 aliphatic rings. The van der Waals surface area contributed by atoms with Crippen LogP contribution in [0.2, 0.25) is 0 Å². The van der Waals surface area contributed by atoms with Crippen molar-refractivity contribution in [3.63, 3.8) is 0 Å². The lowest BCUT2D eigenvalue weighted by Gasteiger charge is -2.14. The SMILES string of the molecule is CC(C(=O)OCC1CCOC1)c1cccc(N)c1. The summed E-state index contributed by atoms with van der Waals surface area (Å²) in [6, 6.07) is 7.35. The van der Waals surface area contributed by atoms with Crippen molar-refractivity contribution in [3.8, 4) is 0 Å². The van der Waals surface area contributed by atoms with Gasteiger partial charge in [-0.25, -0.2) is 0 Å². The van der Waals surface area contributed by atoms with Gasteiger partial charge in [-0.3, -0.25) is 4.79 Å². The van der Waals surface area contributed by atoms with Crippen molar-refractivity contribution in [2.75, 3.05) is 25.6 Å². The monoisotopic (exact) mass is 249 g/mol. The molecule has 98 valence electrons. The lowest BCUT2D eigenvalue weighted by molar-refractivity contribution is -0.146. The summed E-state index contributed by atoms with van der Waals surface area (Å²) in [5, 5.41) is 0. The summed E-state index contributed by atoms with van der Waals surface area (Å²) >= 11 is 0. The first-order valence-electron chi connectivity index (χ1n) is 6.26. The molecule has 1 fully saturated rings. The van der Waals surface area contributed by atoms with Gasteiger partial charge in [-0.1, -0.05) is 12.1 Å². The van der Waals surface area contributed by atoms with Crippen molar-refractivity contribution in [1.82, 2.24) is 0 Å². The predicted octanol–water partition coefficient (Wildman–Crippen LogP) is 1.95. The molecule has 4 nitrogen and oxygen atoms in total. The van der Waals surface area contributed by atoms with E-state index in [1.165, 1.54) is 0 Å². The summed E-state index contributed by atoms with van der Waals surface area (Å²) in [7, 11) is 0. The summed E-state index contributed by atoms with van der Waals surface area (Å²) in [5.41, 5.74) is 7.26. The van der Waals surface area contributed by atoms with Crippen LogP contribution >= 0.6 is 0 Å². The average molecular weight is 249 g/mol. The Morgan fingerprint density at radius 3 is 3.11 bits per heavy atom. The Morgan fingerprint density at radius 1 is 1.61 bits per heavy atom. The van der Waals surface area contributed by atoms with Crippen LogP contribution in [0.1, 0.15) is 24.8 Å². The number of anilines is 1. The molecule has 0 aliphatic carbocycles. The number of esters is 1. The average Bonchev–Trinajstić information content (AvgIpc) is 2.88. The van der Waals surface area contributed by atoms with Gasteiger partial charge in [-0.2, -0.15) is 0 Å². The third kappa shape index (κ3) is 3.23. The molecule has 0 spiro atoms. The second kappa shape index (κ2) is 5.87. The number of nitrogens with two attached hydrogens (primary N) is 1. The smallest absolute Gasteiger partial charge is 0.313 e. The summed E-state index contributed by atoms with van der Waals surface area (Å²) < 4.78 is 10.6. The topological polar surface area (TPSA) is 61.5 Å².